The molecule has 1 atom stereocenters. The van der Waals surface area contributed by atoms with Crippen LogP contribution in [0.3, 0.4) is 0 Å². The van der Waals surface area contributed by atoms with E-state index in [-0.39, 0.29) is 11.9 Å². The molecule has 1 aromatic heterocycles. The third-order valence-corrected chi connectivity index (χ3v) is 3.77. The highest BCUT2D eigenvalue weighted by Crippen LogP contribution is 2.27. The standard InChI is InChI=1S/C16H23ClFN3/c1-11(2)7-13(10-20(3)4)21-15-8-12(18)5-6-14(15)19-16(21)9-17/h5-6,8,11,13H,7,9-10H2,1-4H3. The number of hydrogen-bond acceptors (Lipinski definition) is 2. The second kappa shape index (κ2) is 6.75. The lowest BCUT2D eigenvalue weighted by Gasteiger charge is -2.26. The SMILES string of the molecule is CC(C)CC(CN(C)C)n1c(CCl)nc2ccc(F)cc21. The number of imidazole rings is 1. The highest BCUT2D eigenvalue weighted by Gasteiger charge is 2.21. The number of benzene rings is 1. The Morgan fingerprint density at radius 1 is 1.33 bits per heavy atom. The molecule has 2 rings (SSSR count). The Bertz CT molecular complexity index is 597. The van der Waals surface area contributed by atoms with Gasteiger partial charge in [-0.2, -0.15) is 0 Å². The van der Waals surface area contributed by atoms with Crippen molar-refractivity contribution in [2.75, 3.05) is 20.6 Å². The molecule has 0 saturated heterocycles. The second-order valence-electron chi connectivity index (χ2n) is 6.21. The molecule has 0 fully saturated rings. The quantitative estimate of drug-likeness (QED) is 0.750. The van der Waals surface area contributed by atoms with Crippen molar-refractivity contribution in [3.05, 3.63) is 29.8 Å². The molecule has 0 aliphatic heterocycles. The summed E-state index contributed by atoms with van der Waals surface area (Å²) in [6, 6.07) is 4.96. The highest BCUT2D eigenvalue weighted by molar-refractivity contribution is 6.16. The summed E-state index contributed by atoms with van der Waals surface area (Å²) in [5.74, 6) is 1.45. The molecule has 116 valence electrons. The first-order valence-corrected chi connectivity index (χ1v) is 7.83. The average molecular weight is 312 g/mol. The molecule has 0 N–H and O–H groups in total. The molecule has 2 aromatic rings. The fourth-order valence-corrected chi connectivity index (χ4v) is 3.03. The van der Waals surface area contributed by atoms with Crippen molar-refractivity contribution in [1.82, 2.24) is 14.5 Å². The first kappa shape index (κ1) is 16.2. The zero-order valence-electron chi connectivity index (χ0n) is 13.1. The molecular weight excluding hydrogens is 289 g/mol. The van der Waals surface area contributed by atoms with Gasteiger partial charge in [0, 0.05) is 12.6 Å². The average Bonchev–Trinajstić information content (AvgIpc) is 2.74. The van der Waals surface area contributed by atoms with E-state index < -0.39 is 0 Å². The molecule has 0 saturated carbocycles. The molecular formula is C16H23ClFN3. The monoisotopic (exact) mass is 311 g/mol. The minimum Gasteiger partial charge on any atom is -0.322 e. The Morgan fingerprint density at radius 2 is 2.05 bits per heavy atom. The van der Waals surface area contributed by atoms with Crippen LogP contribution >= 0.6 is 11.6 Å². The first-order valence-electron chi connectivity index (χ1n) is 7.29. The van der Waals surface area contributed by atoms with Gasteiger partial charge in [-0.15, -0.1) is 11.6 Å². The lowest BCUT2D eigenvalue weighted by atomic mass is 10.0. The van der Waals surface area contributed by atoms with Crippen LogP contribution in [0, 0.1) is 11.7 Å². The van der Waals surface area contributed by atoms with Crippen molar-refractivity contribution in [1.29, 1.82) is 0 Å². The summed E-state index contributed by atoms with van der Waals surface area (Å²) in [5, 5.41) is 0. The fourth-order valence-electron chi connectivity index (χ4n) is 2.84. The van der Waals surface area contributed by atoms with E-state index in [2.05, 4.69) is 28.3 Å². The summed E-state index contributed by atoms with van der Waals surface area (Å²) in [5.41, 5.74) is 1.64. The van der Waals surface area contributed by atoms with Crippen molar-refractivity contribution < 1.29 is 4.39 Å². The van der Waals surface area contributed by atoms with Crippen LogP contribution in [-0.2, 0) is 5.88 Å². The zero-order valence-corrected chi connectivity index (χ0v) is 13.9. The van der Waals surface area contributed by atoms with E-state index in [0.717, 1.165) is 29.8 Å². The summed E-state index contributed by atoms with van der Waals surface area (Å²) in [7, 11) is 4.10. The van der Waals surface area contributed by atoms with E-state index in [1.807, 2.05) is 14.1 Å². The Hall–Kier alpha value is -1.13. The fraction of sp³-hybridized carbons (Fsp3) is 0.562. The van der Waals surface area contributed by atoms with Crippen molar-refractivity contribution in [2.24, 2.45) is 5.92 Å². The third-order valence-electron chi connectivity index (χ3n) is 3.53. The first-order chi connectivity index (χ1) is 9.92. The molecule has 0 radical (unpaired) electrons. The van der Waals surface area contributed by atoms with Crippen LogP contribution in [0.5, 0.6) is 0 Å². The van der Waals surface area contributed by atoms with Gasteiger partial charge in [0.15, 0.2) is 0 Å². The number of nitrogens with zero attached hydrogens (tertiary/aromatic N) is 3. The number of alkyl halides is 1. The van der Waals surface area contributed by atoms with Crippen LogP contribution in [0.15, 0.2) is 18.2 Å². The number of halogens is 2. The maximum atomic E-state index is 13.6. The van der Waals surface area contributed by atoms with E-state index in [9.17, 15) is 4.39 Å². The molecule has 5 heteroatoms. The van der Waals surface area contributed by atoms with E-state index in [4.69, 9.17) is 11.6 Å². The number of aromatic nitrogens is 2. The number of hydrogen-bond donors (Lipinski definition) is 0. The van der Waals surface area contributed by atoms with Gasteiger partial charge in [0.2, 0.25) is 0 Å². The van der Waals surface area contributed by atoms with Crippen LogP contribution in [0.4, 0.5) is 4.39 Å². The molecule has 0 aliphatic rings. The van der Waals surface area contributed by atoms with Crippen LogP contribution < -0.4 is 0 Å². The van der Waals surface area contributed by atoms with Crippen LogP contribution in [0.1, 0.15) is 32.1 Å². The largest absolute Gasteiger partial charge is 0.322 e. The van der Waals surface area contributed by atoms with Gasteiger partial charge < -0.3 is 9.47 Å². The van der Waals surface area contributed by atoms with Crippen molar-refractivity contribution in [3.63, 3.8) is 0 Å². The summed E-state index contributed by atoms with van der Waals surface area (Å²) < 4.78 is 15.8. The molecule has 1 heterocycles. The van der Waals surface area contributed by atoms with Crippen LogP contribution in [0.25, 0.3) is 11.0 Å². The van der Waals surface area contributed by atoms with Gasteiger partial charge in [-0.3, -0.25) is 0 Å². The minimum atomic E-state index is -0.238. The van der Waals surface area contributed by atoms with Gasteiger partial charge in [0.25, 0.3) is 0 Å². The van der Waals surface area contributed by atoms with Crippen LogP contribution in [0.2, 0.25) is 0 Å². The van der Waals surface area contributed by atoms with Crippen molar-refractivity contribution in [2.45, 2.75) is 32.2 Å². The maximum absolute atomic E-state index is 13.6. The Balaban J connectivity index is 2.55. The molecule has 21 heavy (non-hydrogen) atoms. The molecule has 3 nitrogen and oxygen atoms in total. The molecule has 0 amide bonds. The molecule has 0 spiro atoms. The predicted molar refractivity (Wildman–Crippen MR) is 86.3 cm³/mol. The van der Waals surface area contributed by atoms with E-state index >= 15 is 0 Å². The van der Waals surface area contributed by atoms with E-state index in [1.165, 1.54) is 6.07 Å². The molecule has 0 aliphatic carbocycles. The van der Waals surface area contributed by atoms with Gasteiger partial charge >= 0.3 is 0 Å². The smallest absolute Gasteiger partial charge is 0.125 e. The summed E-state index contributed by atoms with van der Waals surface area (Å²) in [6.07, 6.45) is 1.00. The van der Waals surface area contributed by atoms with Gasteiger partial charge in [-0.25, -0.2) is 9.37 Å². The summed E-state index contributed by atoms with van der Waals surface area (Å²) in [6.45, 7) is 5.27. The third kappa shape index (κ3) is 3.74. The lowest BCUT2D eigenvalue weighted by Crippen LogP contribution is -2.26. The number of likely N-dealkylation sites (N-methyl/N-ethyl adjacent to an activating group) is 1. The Labute approximate surface area is 130 Å². The van der Waals surface area contributed by atoms with Gasteiger partial charge in [-0.1, -0.05) is 13.8 Å². The van der Waals surface area contributed by atoms with E-state index in [0.29, 0.717) is 11.8 Å². The topological polar surface area (TPSA) is 21.1 Å². The molecule has 0 bridgehead atoms. The Morgan fingerprint density at radius 3 is 2.62 bits per heavy atom. The normalized spacial score (nSPS) is 13.5. The van der Waals surface area contributed by atoms with Gasteiger partial charge in [0.1, 0.15) is 11.6 Å². The second-order valence-corrected chi connectivity index (χ2v) is 6.48. The van der Waals surface area contributed by atoms with Crippen molar-refractivity contribution in [3.8, 4) is 0 Å². The summed E-state index contributed by atoms with van der Waals surface area (Å²) >= 11 is 6.07. The highest BCUT2D eigenvalue weighted by atomic mass is 35.5. The molecule has 1 aromatic carbocycles. The Kier molecular flexibility index (Phi) is 5.22. The number of rotatable bonds is 6. The van der Waals surface area contributed by atoms with Crippen LogP contribution in [-0.4, -0.2) is 35.1 Å². The minimum absolute atomic E-state index is 0.237. The number of fused-ring (bicyclic) bond motifs is 1. The zero-order chi connectivity index (χ0) is 15.6. The maximum Gasteiger partial charge on any atom is 0.125 e. The molecule has 1 unspecified atom stereocenters. The van der Waals surface area contributed by atoms with Crippen molar-refractivity contribution >= 4 is 22.6 Å². The van der Waals surface area contributed by atoms with E-state index in [1.54, 1.807) is 12.1 Å². The van der Waals surface area contributed by atoms with Gasteiger partial charge in [0.05, 0.1) is 16.9 Å². The van der Waals surface area contributed by atoms with Gasteiger partial charge in [-0.05, 0) is 44.6 Å². The summed E-state index contributed by atoms with van der Waals surface area (Å²) in [4.78, 5) is 6.70. The predicted octanol–water partition coefficient (Wildman–Crippen LogP) is 4.06. The lowest BCUT2D eigenvalue weighted by molar-refractivity contribution is 0.289.